The number of amides is 1. The fourth-order valence-corrected chi connectivity index (χ4v) is 3.42. The number of aromatic amines is 1. The van der Waals surface area contributed by atoms with E-state index in [4.69, 9.17) is 4.74 Å². The van der Waals surface area contributed by atoms with Crippen LogP contribution in [0.5, 0.6) is 0 Å². The van der Waals surface area contributed by atoms with Gasteiger partial charge in [0, 0.05) is 37.9 Å². The van der Waals surface area contributed by atoms with Gasteiger partial charge in [-0.05, 0) is 25.1 Å². The number of aromatic nitrogens is 3. The molecule has 1 aliphatic rings. The van der Waals surface area contributed by atoms with E-state index in [2.05, 4.69) is 21.0 Å². The van der Waals surface area contributed by atoms with Crippen LogP contribution in [0.3, 0.4) is 0 Å². The van der Waals surface area contributed by atoms with Crippen LogP contribution in [0.15, 0.2) is 42.7 Å². The molecule has 1 unspecified atom stereocenters. The number of hydrogen-bond acceptors (Lipinski definition) is 4. The summed E-state index contributed by atoms with van der Waals surface area (Å²) in [5.41, 5.74) is 2.45. The lowest BCUT2D eigenvalue weighted by Gasteiger charge is -2.22. The Morgan fingerprint density at radius 1 is 1.32 bits per heavy atom. The molecular formula is C19H20N4O2. The lowest BCUT2D eigenvalue weighted by molar-refractivity contribution is 0.0679. The zero-order valence-corrected chi connectivity index (χ0v) is 14.3. The third-order valence-corrected chi connectivity index (χ3v) is 4.76. The highest BCUT2D eigenvalue weighted by atomic mass is 16.5. The van der Waals surface area contributed by atoms with Crippen LogP contribution in [0.2, 0.25) is 0 Å². The number of nitrogens with one attached hydrogen (secondary N) is 1. The summed E-state index contributed by atoms with van der Waals surface area (Å²) in [6.07, 6.45) is 4.20. The molecule has 1 aromatic carbocycles. The van der Waals surface area contributed by atoms with Crippen molar-refractivity contribution in [3.05, 3.63) is 59.8 Å². The molecule has 2 atom stereocenters. The number of carbonyl (C=O) groups is 1. The van der Waals surface area contributed by atoms with Crippen molar-refractivity contribution >= 4 is 16.8 Å². The maximum absolute atomic E-state index is 13.1. The summed E-state index contributed by atoms with van der Waals surface area (Å²) >= 11 is 0. The Morgan fingerprint density at radius 2 is 2.20 bits per heavy atom. The molecule has 1 fully saturated rings. The van der Waals surface area contributed by atoms with Crippen LogP contribution in [-0.4, -0.2) is 45.5 Å². The van der Waals surface area contributed by atoms with Gasteiger partial charge in [-0.25, -0.2) is 9.97 Å². The summed E-state index contributed by atoms with van der Waals surface area (Å²) in [5, 5.41) is 1.04. The van der Waals surface area contributed by atoms with Crippen molar-refractivity contribution in [3.63, 3.8) is 0 Å². The summed E-state index contributed by atoms with van der Waals surface area (Å²) < 4.78 is 5.48. The molecule has 3 heterocycles. The number of carbonyl (C=O) groups excluding carboxylic acids is 1. The van der Waals surface area contributed by atoms with Crippen LogP contribution in [0.1, 0.15) is 34.3 Å². The molecule has 1 aliphatic heterocycles. The minimum absolute atomic E-state index is 0.00200. The number of pyridine rings is 1. The molecule has 6 heteroatoms. The fraction of sp³-hybridized carbons (Fsp3) is 0.316. The van der Waals surface area contributed by atoms with Crippen LogP contribution < -0.4 is 0 Å². The molecule has 0 bridgehead atoms. The van der Waals surface area contributed by atoms with E-state index in [1.54, 1.807) is 30.5 Å². The number of H-pyrrole nitrogens is 1. The van der Waals surface area contributed by atoms with Crippen molar-refractivity contribution in [2.24, 2.45) is 0 Å². The lowest BCUT2D eigenvalue weighted by atomic mass is 10.1. The Bertz CT molecular complexity index is 907. The van der Waals surface area contributed by atoms with Gasteiger partial charge in [0.05, 0.1) is 17.7 Å². The van der Waals surface area contributed by atoms with E-state index in [1.807, 2.05) is 25.1 Å². The summed E-state index contributed by atoms with van der Waals surface area (Å²) in [4.78, 5) is 26.9. The Hall–Kier alpha value is -2.73. The molecule has 0 saturated carbocycles. The average molecular weight is 336 g/mol. The van der Waals surface area contributed by atoms with E-state index in [9.17, 15) is 4.79 Å². The minimum atomic E-state index is -0.122. The Kier molecular flexibility index (Phi) is 3.97. The smallest absolute Gasteiger partial charge is 0.273 e. The van der Waals surface area contributed by atoms with Crippen molar-refractivity contribution in [2.45, 2.75) is 25.5 Å². The number of likely N-dealkylation sites (tertiary alicyclic amines) is 1. The maximum Gasteiger partial charge on any atom is 0.273 e. The number of ether oxygens (including phenoxy) is 1. The predicted octanol–water partition coefficient (Wildman–Crippen LogP) is 2.87. The van der Waals surface area contributed by atoms with Gasteiger partial charge >= 0.3 is 0 Å². The first-order valence-corrected chi connectivity index (χ1v) is 8.36. The molecule has 25 heavy (non-hydrogen) atoms. The maximum atomic E-state index is 13.1. The standard InChI is InChI=1S/C19H20N4O2/c1-12-3-5-15-13(9-12)4-6-16(22-15)19(24)23-11-14(25-2)10-17(23)18-20-7-8-21-18/h3-9,14,17H,10-11H2,1-2H3,(H,20,21)/t14-,17?/m1/s1. The molecule has 128 valence electrons. The topological polar surface area (TPSA) is 71.1 Å². The normalized spacial score (nSPS) is 20.3. The fourth-order valence-electron chi connectivity index (χ4n) is 3.42. The molecule has 1 saturated heterocycles. The number of benzene rings is 1. The molecule has 0 spiro atoms. The van der Waals surface area contributed by atoms with Crippen LogP contribution in [0.4, 0.5) is 0 Å². The highest BCUT2D eigenvalue weighted by Crippen LogP contribution is 2.32. The van der Waals surface area contributed by atoms with Crippen LogP contribution in [-0.2, 0) is 4.74 Å². The third-order valence-electron chi connectivity index (χ3n) is 4.76. The van der Waals surface area contributed by atoms with Gasteiger partial charge < -0.3 is 14.6 Å². The highest BCUT2D eigenvalue weighted by Gasteiger charge is 2.38. The zero-order chi connectivity index (χ0) is 17.4. The van der Waals surface area contributed by atoms with Crippen molar-refractivity contribution in [3.8, 4) is 0 Å². The second-order valence-corrected chi connectivity index (χ2v) is 6.43. The van der Waals surface area contributed by atoms with Gasteiger partial charge in [0.1, 0.15) is 11.5 Å². The minimum Gasteiger partial charge on any atom is -0.380 e. The van der Waals surface area contributed by atoms with E-state index >= 15 is 0 Å². The summed E-state index contributed by atoms with van der Waals surface area (Å²) in [6.45, 7) is 2.58. The Morgan fingerprint density at radius 3 is 2.96 bits per heavy atom. The number of rotatable bonds is 3. The molecular weight excluding hydrogens is 316 g/mol. The number of nitrogens with zero attached hydrogens (tertiary/aromatic N) is 3. The predicted molar refractivity (Wildman–Crippen MR) is 94.3 cm³/mol. The monoisotopic (exact) mass is 336 g/mol. The molecule has 6 nitrogen and oxygen atoms in total. The molecule has 0 radical (unpaired) electrons. The number of methoxy groups -OCH3 is 1. The second kappa shape index (κ2) is 6.29. The molecule has 2 aromatic heterocycles. The molecule has 3 aromatic rings. The second-order valence-electron chi connectivity index (χ2n) is 6.43. The van der Waals surface area contributed by atoms with Crippen LogP contribution in [0, 0.1) is 6.92 Å². The number of fused-ring (bicyclic) bond motifs is 1. The van der Waals surface area contributed by atoms with E-state index in [0.29, 0.717) is 12.2 Å². The van der Waals surface area contributed by atoms with E-state index in [0.717, 1.165) is 23.1 Å². The van der Waals surface area contributed by atoms with Crippen molar-refractivity contribution in [1.82, 2.24) is 19.9 Å². The molecule has 0 aliphatic carbocycles. The molecule has 1 amide bonds. The van der Waals surface area contributed by atoms with Crippen LogP contribution in [0.25, 0.3) is 10.9 Å². The third kappa shape index (κ3) is 2.89. The summed E-state index contributed by atoms with van der Waals surface area (Å²) in [7, 11) is 1.68. The van der Waals surface area contributed by atoms with Gasteiger partial charge in [0.2, 0.25) is 0 Å². The van der Waals surface area contributed by atoms with Gasteiger partial charge in [0.25, 0.3) is 5.91 Å². The summed E-state index contributed by atoms with van der Waals surface area (Å²) in [6, 6.07) is 9.65. The quantitative estimate of drug-likeness (QED) is 0.798. The average Bonchev–Trinajstić information content (AvgIpc) is 3.29. The van der Waals surface area contributed by atoms with Crippen molar-refractivity contribution < 1.29 is 9.53 Å². The Balaban J connectivity index is 1.67. The first kappa shape index (κ1) is 15.8. The zero-order valence-electron chi connectivity index (χ0n) is 14.3. The first-order chi connectivity index (χ1) is 12.2. The van der Waals surface area contributed by atoms with Gasteiger partial charge in [-0.15, -0.1) is 0 Å². The largest absolute Gasteiger partial charge is 0.380 e. The SMILES string of the molecule is CO[C@@H]1CC(c2ncc[nH]2)N(C(=O)c2ccc3cc(C)ccc3n2)C1. The first-order valence-electron chi connectivity index (χ1n) is 8.36. The van der Waals surface area contributed by atoms with E-state index in [1.165, 1.54) is 5.56 Å². The van der Waals surface area contributed by atoms with Crippen molar-refractivity contribution in [2.75, 3.05) is 13.7 Å². The number of imidazole rings is 1. The molecule has 1 N–H and O–H groups in total. The van der Waals surface area contributed by atoms with E-state index < -0.39 is 0 Å². The number of aryl methyl sites for hydroxylation is 1. The van der Waals surface area contributed by atoms with Gasteiger partial charge in [-0.3, -0.25) is 4.79 Å². The van der Waals surface area contributed by atoms with Gasteiger partial charge in [-0.1, -0.05) is 17.7 Å². The van der Waals surface area contributed by atoms with Gasteiger partial charge in [0.15, 0.2) is 0 Å². The molecule has 4 rings (SSSR count). The van der Waals surface area contributed by atoms with Gasteiger partial charge in [-0.2, -0.15) is 0 Å². The number of hydrogen-bond donors (Lipinski definition) is 1. The van der Waals surface area contributed by atoms with Crippen LogP contribution >= 0.6 is 0 Å². The summed E-state index contributed by atoms with van der Waals surface area (Å²) in [5.74, 6) is 0.688. The lowest BCUT2D eigenvalue weighted by Crippen LogP contribution is -2.33. The van der Waals surface area contributed by atoms with Crippen molar-refractivity contribution in [1.29, 1.82) is 0 Å². The highest BCUT2D eigenvalue weighted by molar-refractivity contribution is 5.95. The van der Waals surface area contributed by atoms with E-state index in [-0.39, 0.29) is 18.1 Å². The Labute approximate surface area is 145 Å².